The van der Waals surface area contributed by atoms with Gasteiger partial charge in [0, 0.05) is 6.54 Å². The molecule has 0 radical (unpaired) electrons. The van der Waals surface area contributed by atoms with Crippen LogP contribution in [0, 0.1) is 0 Å². The summed E-state index contributed by atoms with van der Waals surface area (Å²) in [7, 11) is 0. The molecule has 2 rings (SSSR count). The van der Waals surface area contributed by atoms with Crippen molar-refractivity contribution in [1.29, 1.82) is 0 Å². The van der Waals surface area contributed by atoms with E-state index in [-0.39, 0.29) is 13.0 Å². The van der Waals surface area contributed by atoms with Gasteiger partial charge < -0.3 is 20.1 Å². The van der Waals surface area contributed by atoms with Crippen LogP contribution in [0.25, 0.3) is 0 Å². The highest BCUT2D eigenvalue weighted by Gasteiger charge is 2.46. The van der Waals surface area contributed by atoms with Gasteiger partial charge in [-0.15, -0.1) is 0 Å². The molecule has 1 aliphatic rings. The molecule has 0 bridgehead atoms. The summed E-state index contributed by atoms with van der Waals surface area (Å²) in [5.41, 5.74) is 4.40. The Hall–Kier alpha value is -1.82. The lowest BCUT2D eigenvalue weighted by molar-refractivity contribution is -0.161. The number of hydrogen-bond acceptors (Lipinski definition) is 5. The minimum atomic E-state index is -1.44. The molecule has 1 aromatic heterocycles. The number of aliphatic carboxylic acids is 1. The van der Waals surface area contributed by atoms with E-state index in [1.165, 1.54) is 6.26 Å². The van der Waals surface area contributed by atoms with Gasteiger partial charge >= 0.3 is 5.97 Å². The Balaban J connectivity index is 2.20. The minimum absolute atomic E-state index is 0.117. The van der Waals surface area contributed by atoms with Crippen LogP contribution in [0.4, 0.5) is 0 Å². The number of hydrogen-bond donors (Lipinski definition) is 2. The number of nitrogens with zero attached hydrogens (tertiary/aromatic N) is 1. The average molecular weight is 210 g/mol. The summed E-state index contributed by atoms with van der Waals surface area (Å²) in [4.78, 5) is 15.9. The Bertz CT molecular complexity index is 398. The summed E-state index contributed by atoms with van der Waals surface area (Å²) in [5.74, 6) is -0.609. The maximum atomic E-state index is 11.0. The molecule has 2 heterocycles. The van der Waals surface area contributed by atoms with Crippen LogP contribution < -0.4 is 5.73 Å². The van der Waals surface area contributed by atoms with Gasteiger partial charge in [0.1, 0.15) is 5.71 Å². The second-order valence-electron chi connectivity index (χ2n) is 3.29. The lowest BCUT2D eigenvalue weighted by atomic mass is 9.97. The first-order chi connectivity index (χ1) is 7.18. The minimum Gasteiger partial charge on any atom is -0.478 e. The first-order valence-electron chi connectivity index (χ1n) is 4.40. The van der Waals surface area contributed by atoms with E-state index in [0.717, 1.165) is 0 Å². The molecule has 6 nitrogen and oxygen atoms in total. The summed E-state index contributed by atoms with van der Waals surface area (Å²) in [6.07, 6.45) is 1.60. The molecule has 1 aliphatic heterocycles. The zero-order chi connectivity index (χ0) is 10.9. The number of carboxylic acid groups (broad SMARTS) is 1. The SMILES string of the molecule is NCC1(C(=O)O)CC(c2ccco2)=NO1. The molecule has 0 fully saturated rings. The standard InChI is InChI=1S/C9H10N2O4/c10-5-9(8(12)13)4-6(11-15-9)7-2-1-3-14-7/h1-3H,4-5,10H2,(H,12,13). The molecule has 0 spiro atoms. The van der Waals surface area contributed by atoms with Gasteiger partial charge in [-0.2, -0.15) is 0 Å². The van der Waals surface area contributed by atoms with Gasteiger partial charge in [-0.25, -0.2) is 4.79 Å². The predicted octanol–water partition coefficient (Wildman–Crippen LogP) is 0.186. The predicted molar refractivity (Wildman–Crippen MR) is 50.4 cm³/mol. The monoisotopic (exact) mass is 210 g/mol. The van der Waals surface area contributed by atoms with Crippen LogP contribution in [-0.2, 0) is 9.63 Å². The maximum absolute atomic E-state index is 11.0. The van der Waals surface area contributed by atoms with Crippen molar-refractivity contribution in [3.63, 3.8) is 0 Å². The maximum Gasteiger partial charge on any atom is 0.352 e. The third kappa shape index (κ3) is 1.48. The molecule has 0 saturated heterocycles. The molecule has 3 N–H and O–H groups in total. The van der Waals surface area contributed by atoms with E-state index in [1.807, 2.05) is 0 Å². The van der Waals surface area contributed by atoms with Gasteiger partial charge in [0.15, 0.2) is 5.76 Å². The molecule has 15 heavy (non-hydrogen) atoms. The van der Waals surface area contributed by atoms with Crippen LogP contribution in [0.15, 0.2) is 28.0 Å². The largest absolute Gasteiger partial charge is 0.478 e. The van der Waals surface area contributed by atoms with Crippen LogP contribution in [0.1, 0.15) is 12.2 Å². The number of rotatable bonds is 3. The molecule has 6 heteroatoms. The van der Waals surface area contributed by atoms with Gasteiger partial charge in [0.2, 0.25) is 0 Å². The highest BCUT2D eigenvalue weighted by atomic mass is 16.7. The number of furan rings is 1. The van der Waals surface area contributed by atoms with E-state index >= 15 is 0 Å². The van der Waals surface area contributed by atoms with Crippen molar-refractivity contribution in [3.8, 4) is 0 Å². The Kier molecular flexibility index (Phi) is 2.20. The molecule has 0 saturated carbocycles. The highest BCUT2D eigenvalue weighted by Crippen LogP contribution is 2.26. The molecule has 0 amide bonds. The third-order valence-corrected chi connectivity index (χ3v) is 2.31. The lowest BCUT2D eigenvalue weighted by Crippen LogP contribution is -2.45. The van der Waals surface area contributed by atoms with Crippen molar-refractivity contribution < 1.29 is 19.2 Å². The van der Waals surface area contributed by atoms with Crippen molar-refractivity contribution in [2.45, 2.75) is 12.0 Å². The fourth-order valence-corrected chi connectivity index (χ4v) is 1.36. The van der Waals surface area contributed by atoms with Gasteiger partial charge in [0.25, 0.3) is 5.60 Å². The van der Waals surface area contributed by atoms with Gasteiger partial charge in [-0.05, 0) is 12.1 Å². The van der Waals surface area contributed by atoms with Crippen LogP contribution in [0.3, 0.4) is 0 Å². The first kappa shape index (κ1) is 9.72. The van der Waals surface area contributed by atoms with E-state index in [2.05, 4.69) is 5.16 Å². The molecule has 80 valence electrons. The fourth-order valence-electron chi connectivity index (χ4n) is 1.36. The van der Waals surface area contributed by atoms with Crippen LogP contribution in [0.5, 0.6) is 0 Å². The van der Waals surface area contributed by atoms with Crippen molar-refractivity contribution in [2.24, 2.45) is 10.9 Å². The van der Waals surface area contributed by atoms with Crippen molar-refractivity contribution in [1.82, 2.24) is 0 Å². The summed E-state index contributed by atoms with van der Waals surface area (Å²) < 4.78 is 5.09. The second kappa shape index (κ2) is 3.39. The van der Waals surface area contributed by atoms with Crippen molar-refractivity contribution in [2.75, 3.05) is 6.54 Å². The van der Waals surface area contributed by atoms with E-state index in [4.69, 9.17) is 20.1 Å². The van der Waals surface area contributed by atoms with Crippen molar-refractivity contribution >= 4 is 11.7 Å². The van der Waals surface area contributed by atoms with Gasteiger partial charge in [-0.1, -0.05) is 5.16 Å². The van der Waals surface area contributed by atoms with Crippen molar-refractivity contribution in [3.05, 3.63) is 24.2 Å². The summed E-state index contributed by atoms with van der Waals surface area (Å²) in [6.45, 7) is -0.129. The third-order valence-electron chi connectivity index (χ3n) is 2.31. The van der Waals surface area contributed by atoms with E-state index in [0.29, 0.717) is 11.5 Å². The zero-order valence-corrected chi connectivity index (χ0v) is 7.84. The van der Waals surface area contributed by atoms with Crippen LogP contribution >= 0.6 is 0 Å². The van der Waals surface area contributed by atoms with E-state index in [9.17, 15) is 4.79 Å². The summed E-state index contributed by atoms with van der Waals surface area (Å²) in [6, 6.07) is 3.39. The van der Waals surface area contributed by atoms with Crippen LogP contribution in [-0.4, -0.2) is 28.9 Å². The van der Waals surface area contributed by atoms with Gasteiger partial charge in [0.05, 0.1) is 12.7 Å². The molecule has 0 aromatic carbocycles. The van der Waals surface area contributed by atoms with E-state index < -0.39 is 11.6 Å². The Morgan fingerprint density at radius 2 is 2.53 bits per heavy atom. The topological polar surface area (TPSA) is 98.1 Å². The molecule has 1 atom stereocenters. The first-order valence-corrected chi connectivity index (χ1v) is 4.40. The Morgan fingerprint density at radius 1 is 1.73 bits per heavy atom. The Morgan fingerprint density at radius 3 is 3.00 bits per heavy atom. The quantitative estimate of drug-likeness (QED) is 0.741. The number of carboxylic acids is 1. The molecule has 1 aromatic rings. The van der Waals surface area contributed by atoms with Crippen LogP contribution in [0.2, 0.25) is 0 Å². The Labute approximate surface area is 85.3 Å². The number of nitrogens with two attached hydrogens (primary N) is 1. The number of oxime groups is 1. The molecule has 0 aliphatic carbocycles. The van der Waals surface area contributed by atoms with Gasteiger partial charge in [-0.3, -0.25) is 0 Å². The zero-order valence-electron chi connectivity index (χ0n) is 7.84. The normalized spacial score (nSPS) is 24.7. The highest BCUT2D eigenvalue weighted by molar-refractivity contribution is 6.02. The van der Waals surface area contributed by atoms with E-state index in [1.54, 1.807) is 12.1 Å². The second-order valence-corrected chi connectivity index (χ2v) is 3.29. The summed E-state index contributed by atoms with van der Waals surface area (Å²) in [5, 5.41) is 12.7. The molecular formula is C9H10N2O4. The fraction of sp³-hybridized carbons (Fsp3) is 0.333. The number of carbonyl (C=O) groups is 1. The molecular weight excluding hydrogens is 200 g/mol. The lowest BCUT2D eigenvalue weighted by Gasteiger charge is -2.18. The summed E-state index contributed by atoms with van der Waals surface area (Å²) >= 11 is 0. The average Bonchev–Trinajstić information content (AvgIpc) is 2.87. The molecule has 1 unspecified atom stereocenters. The smallest absolute Gasteiger partial charge is 0.352 e.